The highest BCUT2D eigenvalue weighted by Gasteiger charge is 2.38. The van der Waals surface area contributed by atoms with Crippen LogP contribution in [0.2, 0.25) is 0 Å². The van der Waals surface area contributed by atoms with Crippen molar-refractivity contribution in [1.82, 2.24) is 10.2 Å². The van der Waals surface area contributed by atoms with Crippen molar-refractivity contribution in [1.29, 1.82) is 0 Å². The van der Waals surface area contributed by atoms with Gasteiger partial charge in [-0.3, -0.25) is 9.69 Å². The van der Waals surface area contributed by atoms with Crippen molar-refractivity contribution in [2.75, 3.05) is 12.3 Å². The number of hydrogen-bond donors (Lipinski definition) is 3. The summed E-state index contributed by atoms with van der Waals surface area (Å²) in [5.41, 5.74) is 8.42. The van der Waals surface area contributed by atoms with Crippen LogP contribution in [-0.2, 0) is 11.3 Å². The molecule has 0 saturated carbocycles. The van der Waals surface area contributed by atoms with Gasteiger partial charge in [0.1, 0.15) is 6.23 Å². The Bertz CT molecular complexity index is 503. The van der Waals surface area contributed by atoms with Crippen LogP contribution in [0.15, 0.2) is 18.2 Å². The van der Waals surface area contributed by atoms with Gasteiger partial charge in [-0.1, -0.05) is 12.1 Å². The first-order valence-electron chi connectivity index (χ1n) is 6.77. The third-order valence-corrected chi connectivity index (χ3v) is 4.09. The third-order valence-electron chi connectivity index (χ3n) is 4.09. The number of aliphatic hydroxyl groups is 1. The molecule has 0 aliphatic carbocycles. The molecule has 2 aliphatic heterocycles. The molecule has 0 radical (unpaired) electrons. The van der Waals surface area contributed by atoms with Gasteiger partial charge in [0, 0.05) is 24.3 Å². The number of nitrogens with zero attached hydrogens (tertiary/aromatic N) is 1. The van der Waals surface area contributed by atoms with Gasteiger partial charge >= 0.3 is 0 Å². The quantitative estimate of drug-likeness (QED) is 0.652. The van der Waals surface area contributed by atoms with Crippen molar-refractivity contribution in [2.24, 2.45) is 0 Å². The van der Waals surface area contributed by atoms with E-state index in [-0.39, 0.29) is 11.9 Å². The molecule has 2 aliphatic rings. The zero-order valence-electron chi connectivity index (χ0n) is 10.8. The number of aliphatic hydroxyl groups excluding tert-OH is 1. The van der Waals surface area contributed by atoms with Gasteiger partial charge in [-0.15, -0.1) is 0 Å². The lowest BCUT2D eigenvalue weighted by atomic mass is 10.1. The number of benzene rings is 1. The summed E-state index contributed by atoms with van der Waals surface area (Å²) in [5.74, 6) is 0.0166. The van der Waals surface area contributed by atoms with Crippen LogP contribution in [0.3, 0.4) is 0 Å². The number of rotatable bonds is 1. The molecule has 0 spiro atoms. The van der Waals surface area contributed by atoms with Gasteiger partial charge in [0.05, 0.1) is 6.04 Å². The minimum absolute atomic E-state index is 0.0166. The molecule has 4 N–H and O–H groups in total. The Balaban J connectivity index is 1.88. The first-order chi connectivity index (χ1) is 9.18. The lowest BCUT2D eigenvalue weighted by Crippen LogP contribution is -2.44. The molecule has 19 heavy (non-hydrogen) atoms. The number of hydrogen-bond acceptors (Lipinski definition) is 4. The average molecular weight is 261 g/mol. The minimum Gasteiger partial charge on any atom is -0.398 e. The molecular formula is C14H19N3O2. The number of carbonyl (C=O) groups is 1. The summed E-state index contributed by atoms with van der Waals surface area (Å²) in [6.07, 6.45) is 2.06. The van der Waals surface area contributed by atoms with E-state index in [1.165, 1.54) is 0 Å². The Morgan fingerprint density at radius 1 is 1.37 bits per heavy atom. The fraction of sp³-hybridized carbons (Fsp3) is 0.500. The Morgan fingerprint density at radius 3 is 3.00 bits per heavy atom. The largest absolute Gasteiger partial charge is 0.398 e. The molecule has 1 aromatic carbocycles. The van der Waals surface area contributed by atoms with E-state index in [2.05, 4.69) is 5.32 Å². The van der Waals surface area contributed by atoms with Crippen LogP contribution in [0.4, 0.5) is 5.69 Å². The number of carbonyl (C=O) groups excluding carboxylic acids is 1. The van der Waals surface area contributed by atoms with E-state index >= 15 is 0 Å². The van der Waals surface area contributed by atoms with E-state index in [4.69, 9.17) is 5.73 Å². The highest BCUT2D eigenvalue weighted by atomic mass is 16.3. The zero-order chi connectivity index (χ0) is 13.4. The number of nitrogen functional groups attached to an aromatic ring is 1. The molecule has 0 aromatic heterocycles. The second kappa shape index (κ2) is 4.83. The number of fused-ring (bicyclic) bond motifs is 1. The van der Waals surface area contributed by atoms with Crippen LogP contribution in [0.25, 0.3) is 0 Å². The number of amides is 1. The zero-order valence-corrected chi connectivity index (χ0v) is 10.8. The molecular weight excluding hydrogens is 242 g/mol. The molecule has 5 nitrogen and oxygen atoms in total. The summed E-state index contributed by atoms with van der Waals surface area (Å²) < 4.78 is 0. The molecule has 1 saturated heterocycles. The third kappa shape index (κ3) is 2.09. The van der Waals surface area contributed by atoms with Gasteiger partial charge in [0.25, 0.3) is 0 Å². The topological polar surface area (TPSA) is 78.6 Å². The standard InChI is InChI=1S/C14H19N3O2/c15-11-5-3-4-9-10(11)8-17(14(9)19)12-6-1-2-7-16-13(12)18/h3-5,12,14,19H,1-2,6-8,15H2,(H,16,18)/t12-,14?/m0/s1. The van der Waals surface area contributed by atoms with Crippen LogP contribution in [0.5, 0.6) is 0 Å². The number of nitrogens with two attached hydrogens (primary N) is 1. The summed E-state index contributed by atoms with van der Waals surface area (Å²) in [6.45, 7) is 1.27. The summed E-state index contributed by atoms with van der Waals surface area (Å²) in [6, 6.07) is 5.30. The molecule has 2 heterocycles. The van der Waals surface area contributed by atoms with Gasteiger partial charge in [-0.2, -0.15) is 0 Å². The van der Waals surface area contributed by atoms with Crippen molar-refractivity contribution in [3.63, 3.8) is 0 Å². The Kier molecular flexibility index (Phi) is 3.16. The van der Waals surface area contributed by atoms with Crippen molar-refractivity contribution in [3.8, 4) is 0 Å². The fourth-order valence-electron chi connectivity index (χ4n) is 3.02. The van der Waals surface area contributed by atoms with Crippen LogP contribution >= 0.6 is 0 Å². The van der Waals surface area contributed by atoms with E-state index in [0.29, 0.717) is 12.2 Å². The van der Waals surface area contributed by atoms with Gasteiger partial charge in [-0.05, 0) is 30.9 Å². The molecule has 2 atom stereocenters. The van der Waals surface area contributed by atoms with Crippen molar-refractivity contribution in [3.05, 3.63) is 29.3 Å². The van der Waals surface area contributed by atoms with E-state index in [9.17, 15) is 9.90 Å². The summed E-state index contributed by atoms with van der Waals surface area (Å²) >= 11 is 0. The van der Waals surface area contributed by atoms with Crippen molar-refractivity contribution >= 4 is 11.6 Å². The Morgan fingerprint density at radius 2 is 2.21 bits per heavy atom. The van der Waals surface area contributed by atoms with Gasteiger partial charge in [-0.25, -0.2) is 0 Å². The molecule has 102 valence electrons. The monoisotopic (exact) mass is 261 g/mol. The lowest BCUT2D eigenvalue weighted by Gasteiger charge is -2.28. The van der Waals surface area contributed by atoms with Crippen LogP contribution in [0.1, 0.15) is 36.6 Å². The maximum atomic E-state index is 12.1. The van der Waals surface area contributed by atoms with Crippen LogP contribution < -0.4 is 11.1 Å². The smallest absolute Gasteiger partial charge is 0.237 e. The average Bonchev–Trinajstić information content (AvgIpc) is 2.59. The van der Waals surface area contributed by atoms with Crippen LogP contribution in [0, 0.1) is 0 Å². The van der Waals surface area contributed by atoms with E-state index in [1.54, 1.807) is 0 Å². The molecule has 3 rings (SSSR count). The van der Waals surface area contributed by atoms with Gasteiger partial charge in [0.15, 0.2) is 0 Å². The number of anilines is 1. The molecule has 5 heteroatoms. The van der Waals surface area contributed by atoms with Crippen LogP contribution in [-0.4, -0.2) is 28.5 Å². The second-order valence-electron chi connectivity index (χ2n) is 5.26. The molecule has 1 amide bonds. The van der Waals surface area contributed by atoms with Crippen molar-refractivity contribution in [2.45, 2.75) is 38.1 Å². The summed E-state index contributed by atoms with van der Waals surface area (Å²) in [4.78, 5) is 13.9. The maximum Gasteiger partial charge on any atom is 0.237 e. The normalized spacial score (nSPS) is 27.7. The molecule has 0 bridgehead atoms. The van der Waals surface area contributed by atoms with E-state index in [0.717, 1.165) is 36.9 Å². The first kappa shape index (κ1) is 12.4. The summed E-state index contributed by atoms with van der Waals surface area (Å²) in [7, 11) is 0. The fourth-order valence-corrected chi connectivity index (χ4v) is 3.02. The Hall–Kier alpha value is -1.59. The minimum atomic E-state index is -0.729. The predicted molar refractivity (Wildman–Crippen MR) is 72.0 cm³/mol. The van der Waals surface area contributed by atoms with Crippen molar-refractivity contribution < 1.29 is 9.90 Å². The lowest BCUT2D eigenvalue weighted by molar-refractivity contribution is -0.131. The SMILES string of the molecule is Nc1cccc2c1CN([C@H]1CCCCNC1=O)C2O. The second-order valence-corrected chi connectivity index (χ2v) is 5.26. The van der Waals surface area contributed by atoms with Gasteiger partial charge in [0.2, 0.25) is 5.91 Å². The van der Waals surface area contributed by atoms with Gasteiger partial charge < -0.3 is 16.2 Å². The molecule has 1 unspecified atom stereocenters. The molecule has 1 fully saturated rings. The highest BCUT2D eigenvalue weighted by Crippen LogP contribution is 2.37. The number of nitrogens with one attached hydrogen (secondary N) is 1. The Labute approximate surface area is 112 Å². The van der Waals surface area contributed by atoms with E-state index in [1.807, 2.05) is 23.1 Å². The molecule has 1 aromatic rings. The maximum absolute atomic E-state index is 12.1. The first-order valence-corrected chi connectivity index (χ1v) is 6.77. The van der Waals surface area contributed by atoms with E-state index < -0.39 is 6.23 Å². The highest BCUT2D eigenvalue weighted by molar-refractivity contribution is 5.82. The predicted octanol–water partition coefficient (Wildman–Crippen LogP) is 0.744. The summed E-state index contributed by atoms with van der Waals surface area (Å²) in [5, 5.41) is 13.3.